The van der Waals surface area contributed by atoms with Crippen molar-refractivity contribution in [2.75, 3.05) is 40.9 Å². The fraction of sp³-hybridized carbons (Fsp3) is 0.905. The van der Waals surface area contributed by atoms with E-state index >= 15 is 0 Å². The van der Waals surface area contributed by atoms with E-state index < -0.39 is 0 Å². The molecular formula is C42H84ClNO2. The third-order valence-electron chi connectivity index (χ3n) is 8.96. The Morgan fingerprint density at radius 1 is 0.413 bits per heavy atom. The molecule has 0 fully saturated rings. The van der Waals surface area contributed by atoms with Gasteiger partial charge in [0.1, 0.15) is 0 Å². The number of rotatable bonds is 37. The van der Waals surface area contributed by atoms with Gasteiger partial charge in [-0.25, -0.2) is 0 Å². The topological polar surface area (TPSA) is 18.5 Å². The van der Waals surface area contributed by atoms with Gasteiger partial charge in [-0.05, 0) is 64.2 Å². The van der Waals surface area contributed by atoms with Crippen LogP contribution in [0.5, 0.6) is 0 Å². The van der Waals surface area contributed by atoms with Gasteiger partial charge < -0.3 is 26.4 Å². The predicted molar refractivity (Wildman–Crippen MR) is 202 cm³/mol. The van der Waals surface area contributed by atoms with Crippen LogP contribution in [-0.4, -0.2) is 51.7 Å². The van der Waals surface area contributed by atoms with Crippen LogP contribution in [-0.2, 0) is 9.47 Å². The van der Waals surface area contributed by atoms with Gasteiger partial charge in [-0.3, -0.25) is 0 Å². The third kappa shape index (κ3) is 41.7. The number of quaternary nitrogens is 1. The van der Waals surface area contributed by atoms with Gasteiger partial charge >= 0.3 is 0 Å². The summed E-state index contributed by atoms with van der Waals surface area (Å²) in [5.74, 6) is 0. The molecule has 0 aliphatic heterocycles. The lowest BCUT2D eigenvalue weighted by molar-refractivity contribution is -0.871. The molecule has 0 aromatic heterocycles. The summed E-state index contributed by atoms with van der Waals surface area (Å²) in [5.41, 5.74) is 0. The Kier molecular flexibility index (Phi) is 40.6. The van der Waals surface area contributed by atoms with E-state index in [0.29, 0.717) is 0 Å². The maximum Gasteiger partial charge on any atom is 0.162 e. The molecule has 276 valence electrons. The van der Waals surface area contributed by atoms with Gasteiger partial charge in [0.25, 0.3) is 0 Å². The fourth-order valence-electron chi connectivity index (χ4n) is 5.84. The molecule has 0 saturated heterocycles. The molecule has 0 bridgehead atoms. The van der Waals surface area contributed by atoms with Gasteiger partial charge in [0.15, 0.2) is 6.29 Å². The van der Waals surface area contributed by atoms with Gasteiger partial charge in [0, 0.05) is 19.6 Å². The highest BCUT2D eigenvalue weighted by atomic mass is 35.5. The Balaban J connectivity index is 0. The van der Waals surface area contributed by atoms with Gasteiger partial charge in [0.2, 0.25) is 0 Å². The summed E-state index contributed by atoms with van der Waals surface area (Å²) in [7, 11) is 6.77. The fourth-order valence-corrected chi connectivity index (χ4v) is 5.84. The highest BCUT2D eigenvalue weighted by molar-refractivity contribution is 4.82. The maximum absolute atomic E-state index is 6.24. The Morgan fingerprint density at radius 2 is 0.696 bits per heavy atom. The molecule has 3 nitrogen and oxygen atoms in total. The van der Waals surface area contributed by atoms with Crippen LogP contribution in [0.2, 0.25) is 0 Å². The lowest BCUT2D eigenvalue weighted by Crippen LogP contribution is -3.00. The van der Waals surface area contributed by atoms with Crippen LogP contribution in [0.15, 0.2) is 24.3 Å². The number of hydrogen-bond donors (Lipinski definition) is 0. The average molecular weight is 671 g/mol. The lowest BCUT2D eigenvalue weighted by atomic mass is 10.1. The quantitative estimate of drug-likeness (QED) is 0.0284. The van der Waals surface area contributed by atoms with Gasteiger partial charge in [-0.2, -0.15) is 0 Å². The highest BCUT2D eigenvalue weighted by Crippen LogP contribution is 2.13. The Morgan fingerprint density at radius 3 is 1.00 bits per heavy atom. The van der Waals surface area contributed by atoms with E-state index in [-0.39, 0.29) is 18.7 Å². The first-order chi connectivity index (χ1) is 22.0. The van der Waals surface area contributed by atoms with Crippen molar-refractivity contribution in [1.29, 1.82) is 0 Å². The third-order valence-corrected chi connectivity index (χ3v) is 8.96. The first-order valence-corrected chi connectivity index (χ1v) is 20.3. The number of ether oxygens (including phenoxy) is 2. The Labute approximate surface area is 297 Å². The molecule has 0 amide bonds. The second-order valence-electron chi connectivity index (χ2n) is 14.8. The number of allylic oxidation sites excluding steroid dienone is 4. The minimum Gasteiger partial charge on any atom is -1.00 e. The molecule has 0 rings (SSSR count). The molecule has 0 heterocycles. The van der Waals surface area contributed by atoms with Crippen molar-refractivity contribution in [3.8, 4) is 0 Å². The molecule has 0 saturated carbocycles. The zero-order valence-electron chi connectivity index (χ0n) is 32.2. The van der Waals surface area contributed by atoms with E-state index in [2.05, 4.69) is 59.3 Å². The van der Waals surface area contributed by atoms with Crippen LogP contribution in [0.1, 0.15) is 200 Å². The number of halogens is 1. The van der Waals surface area contributed by atoms with Gasteiger partial charge in [-0.1, -0.05) is 154 Å². The van der Waals surface area contributed by atoms with Crippen molar-refractivity contribution >= 4 is 0 Å². The monoisotopic (exact) mass is 670 g/mol. The summed E-state index contributed by atoms with van der Waals surface area (Å²) < 4.78 is 13.4. The molecule has 0 aromatic carbocycles. The zero-order chi connectivity index (χ0) is 32.9. The van der Waals surface area contributed by atoms with Crippen molar-refractivity contribution < 1.29 is 26.4 Å². The molecule has 0 aliphatic rings. The molecule has 0 N–H and O–H groups in total. The summed E-state index contributed by atoms with van der Waals surface area (Å²) in [4.78, 5) is 0. The van der Waals surface area contributed by atoms with Crippen LogP contribution in [0.3, 0.4) is 0 Å². The maximum atomic E-state index is 6.24. The summed E-state index contributed by atoms with van der Waals surface area (Å²) in [6.07, 6.45) is 48.3. The largest absolute Gasteiger partial charge is 1.00 e. The molecule has 0 atom stereocenters. The summed E-state index contributed by atoms with van der Waals surface area (Å²) in [6.45, 7) is 7.36. The molecule has 0 unspecified atom stereocenters. The number of hydrogen-bond acceptors (Lipinski definition) is 2. The minimum absolute atomic E-state index is 0. The highest BCUT2D eigenvalue weighted by Gasteiger charge is 2.15. The second kappa shape index (κ2) is 39.1. The van der Waals surface area contributed by atoms with E-state index in [0.717, 1.165) is 43.5 Å². The molecule has 0 radical (unpaired) electrons. The van der Waals surface area contributed by atoms with Crippen molar-refractivity contribution in [3.05, 3.63) is 24.3 Å². The van der Waals surface area contributed by atoms with Crippen LogP contribution < -0.4 is 12.4 Å². The summed E-state index contributed by atoms with van der Waals surface area (Å²) >= 11 is 0. The van der Waals surface area contributed by atoms with E-state index in [1.54, 1.807) is 0 Å². The molecule has 0 aromatic rings. The number of nitrogens with zero attached hydrogens (tertiary/aromatic N) is 1. The predicted octanol–water partition coefficient (Wildman–Crippen LogP) is 10.5. The second-order valence-corrected chi connectivity index (χ2v) is 14.8. The zero-order valence-corrected chi connectivity index (χ0v) is 32.9. The molecule has 4 heteroatoms. The minimum atomic E-state index is -0.0337. The smallest absolute Gasteiger partial charge is 0.162 e. The van der Waals surface area contributed by atoms with Crippen LogP contribution in [0.4, 0.5) is 0 Å². The van der Waals surface area contributed by atoms with E-state index in [4.69, 9.17) is 9.47 Å². The molecule has 0 aliphatic carbocycles. The average Bonchev–Trinajstić information content (AvgIpc) is 3.02. The van der Waals surface area contributed by atoms with Gasteiger partial charge in [0.05, 0.1) is 27.7 Å². The molecule has 46 heavy (non-hydrogen) atoms. The van der Waals surface area contributed by atoms with Crippen molar-refractivity contribution in [3.63, 3.8) is 0 Å². The van der Waals surface area contributed by atoms with Gasteiger partial charge in [-0.15, -0.1) is 0 Å². The summed E-state index contributed by atoms with van der Waals surface area (Å²) in [5, 5.41) is 0. The Hall–Kier alpha value is -0.350. The number of unbranched alkanes of at least 4 members (excludes halogenated alkanes) is 24. The van der Waals surface area contributed by atoms with Crippen LogP contribution in [0, 0.1) is 0 Å². The normalized spacial score (nSPS) is 12.2. The standard InChI is InChI=1S/C42H84NO2.ClH/c1-6-8-10-12-14-16-18-20-22-24-26-28-30-32-34-36-40-44-42(38-39-43(3,4)5)45-41-37-35-33-31-29-27-25-23-21-19-17-15-13-11-9-7-2;/h20-23,42H,6-19,24-41H2,1-5H3;1H/q+1;/p-1/b22-20-,23-21-;. The van der Waals surface area contributed by atoms with E-state index in [1.807, 2.05) is 0 Å². The van der Waals surface area contributed by atoms with E-state index in [9.17, 15) is 0 Å². The first kappa shape index (κ1) is 47.8. The molecular weight excluding hydrogens is 586 g/mol. The Bertz CT molecular complexity index is 571. The summed E-state index contributed by atoms with van der Waals surface area (Å²) in [6, 6.07) is 0. The van der Waals surface area contributed by atoms with Crippen molar-refractivity contribution in [2.24, 2.45) is 0 Å². The van der Waals surface area contributed by atoms with Crippen LogP contribution >= 0.6 is 0 Å². The lowest BCUT2D eigenvalue weighted by Gasteiger charge is -2.27. The van der Waals surface area contributed by atoms with Crippen molar-refractivity contribution in [1.82, 2.24) is 0 Å². The first-order valence-electron chi connectivity index (χ1n) is 20.3. The van der Waals surface area contributed by atoms with Crippen molar-refractivity contribution in [2.45, 2.75) is 206 Å². The van der Waals surface area contributed by atoms with E-state index in [1.165, 1.54) is 167 Å². The van der Waals surface area contributed by atoms with Crippen LogP contribution in [0.25, 0.3) is 0 Å². The SMILES string of the molecule is CCCCCCCC/C=C\CCCCCCCCOC(CC[N+](C)(C)C)OCCCCCCCC/C=C\CCCCCCCC.[Cl-]. The molecule has 0 spiro atoms.